The second kappa shape index (κ2) is 5.95. The summed E-state index contributed by atoms with van der Waals surface area (Å²) in [6.07, 6.45) is 4.94. The highest BCUT2D eigenvalue weighted by atomic mass is 15.2. The Morgan fingerprint density at radius 1 is 1.12 bits per heavy atom. The number of hydrogen-bond acceptors (Lipinski definition) is 6. The number of rotatable bonds is 3. The van der Waals surface area contributed by atoms with Crippen LogP contribution in [0.2, 0.25) is 0 Å². The minimum atomic E-state index is 0.460. The zero-order valence-corrected chi connectivity index (χ0v) is 14.8. The van der Waals surface area contributed by atoms with Gasteiger partial charge in [-0.25, -0.2) is 4.98 Å². The minimum absolute atomic E-state index is 0.460. The fraction of sp³-hybridized carbons (Fsp3) is 0.421. The number of aromatic nitrogens is 4. The third kappa shape index (κ3) is 2.78. The molecule has 3 aromatic heterocycles. The largest absolute Gasteiger partial charge is 0.384 e. The van der Waals surface area contributed by atoms with Gasteiger partial charge in [0.15, 0.2) is 5.82 Å². The van der Waals surface area contributed by atoms with Gasteiger partial charge in [0.2, 0.25) is 0 Å². The summed E-state index contributed by atoms with van der Waals surface area (Å²) in [5.74, 6) is 2.40. The summed E-state index contributed by atoms with van der Waals surface area (Å²) >= 11 is 0. The van der Waals surface area contributed by atoms with Crippen molar-refractivity contribution >= 4 is 28.4 Å². The highest BCUT2D eigenvalue weighted by Gasteiger charge is 2.34. The van der Waals surface area contributed by atoms with Gasteiger partial charge < -0.3 is 16.4 Å². The van der Waals surface area contributed by atoms with E-state index in [1.54, 1.807) is 0 Å². The summed E-state index contributed by atoms with van der Waals surface area (Å²) in [5, 5.41) is 15.0. The van der Waals surface area contributed by atoms with Crippen molar-refractivity contribution in [2.45, 2.75) is 50.6 Å². The van der Waals surface area contributed by atoms with E-state index in [4.69, 9.17) is 10.7 Å². The summed E-state index contributed by atoms with van der Waals surface area (Å²) < 4.78 is 0. The average molecular weight is 349 g/mol. The van der Waals surface area contributed by atoms with E-state index in [-0.39, 0.29) is 0 Å². The molecule has 2 aliphatic heterocycles. The van der Waals surface area contributed by atoms with Crippen molar-refractivity contribution in [2.24, 2.45) is 0 Å². The highest BCUT2D eigenvalue weighted by Crippen LogP contribution is 2.37. The molecule has 2 bridgehead atoms. The quantitative estimate of drug-likeness (QED) is 0.579. The van der Waals surface area contributed by atoms with Gasteiger partial charge in [-0.05, 0) is 44.7 Å². The van der Waals surface area contributed by atoms with Crippen molar-refractivity contribution in [2.75, 3.05) is 11.1 Å². The van der Waals surface area contributed by atoms with Crippen LogP contribution in [0.25, 0.3) is 10.9 Å². The number of aryl methyl sites for hydroxylation is 1. The van der Waals surface area contributed by atoms with E-state index < -0.39 is 0 Å². The number of pyridine rings is 2. The SMILES string of the molecule is Cc1cc(Nc2nc(N)cc3nc(C4C[C@H]5CC[C@@H](C4)N5)ccc23)n[nH]1. The Morgan fingerprint density at radius 2 is 1.92 bits per heavy atom. The molecule has 0 aromatic carbocycles. The molecule has 1 unspecified atom stereocenters. The first-order valence-corrected chi connectivity index (χ1v) is 9.26. The van der Waals surface area contributed by atoms with Gasteiger partial charge in [-0.15, -0.1) is 0 Å². The molecule has 0 spiro atoms. The molecule has 0 saturated carbocycles. The number of nitrogens with zero attached hydrogens (tertiary/aromatic N) is 3. The summed E-state index contributed by atoms with van der Waals surface area (Å²) in [6.45, 7) is 1.96. The number of aromatic amines is 1. The van der Waals surface area contributed by atoms with Gasteiger partial charge in [0, 0.05) is 46.9 Å². The molecule has 3 aromatic rings. The number of anilines is 3. The molecule has 2 aliphatic rings. The second-order valence-corrected chi connectivity index (χ2v) is 7.57. The van der Waals surface area contributed by atoms with Crippen molar-refractivity contribution in [3.8, 4) is 0 Å². The average Bonchev–Trinajstić information content (AvgIpc) is 3.18. The zero-order chi connectivity index (χ0) is 17.7. The van der Waals surface area contributed by atoms with E-state index in [0.29, 0.717) is 29.6 Å². The summed E-state index contributed by atoms with van der Waals surface area (Å²) in [6, 6.07) is 9.35. The van der Waals surface area contributed by atoms with E-state index in [1.807, 2.05) is 19.1 Å². The predicted octanol–water partition coefficient (Wildman–Crippen LogP) is 2.99. The molecule has 2 fully saturated rings. The standard InChI is InChI=1S/C19H23N7/c1-10-6-18(26-25-10)24-19-14-4-5-15(22-16(14)9-17(20)23-19)11-7-12-2-3-13(8-11)21-12/h4-6,9,11-13,21H,2-3,7-8H2,1H3,(H4,20,23,24,25,26)/t11?,12-,13+. The molecule has 7 heteroatoms. The monoisotopic (exact) mass is 349 g/mol. The van der Waals surface area contributed by atoms with Crippen LogP contribution in [0, 0.1) is 6.92 Å². The number of piperidine rings is 1. The van der Waals surface area contributed by atoms with Gasteiger partial charge in [-0.2, -0.15) is 5.10 Å². The van der Waals surface area contributed by atoms with Crippen molar-refractivity contribution in [3.05, 3.63) is 35.7 Å². The first-order chi connectivity index (χ1) is 12.6. The topological polar surface area (TPSA) is 105 Å². The van der Waals surface area contributed by atoms with E-state index in [2.05, 4.69) is 37.9 Å². The molecule has 7 nitrogen and oxygen atoms in total. The minimum Gasteiger partial charge on any atom is -0.384 e. The van der Waals surface area contributed by atoms with Crippen LogP contribution >= 0.6 is 0 Å². The van der Waals surface area contributed by atoms with Crippen molar-refractivity contribution in [1.29, 1.82) is 0 Å². The van der Waals surface area contributed by atoms with Crippen molar-refractivity contribution in [1.82, 2.24) is 25.5 Å². The van der Waals surface area contributed by atoms with E-state index in [9.17, 15) is 0 Å². The molecule has 26 heavy (non-hydrogen) atoms. The van der Waals surface area contributed by atoms with E-state index >= 15 is 0 Å². The number of H-pyrrole nitrogens is 1. The van der Waals surface area contributed by atoms with Crippen LogP contribution in [0.3, 0.4) is 0 Å². The highest BCUT2D eigenvalue weighted by molar-refractivity contribution is 5.92. The van der Waals surface area contributed by atoms with Crippen LogP contribution in [0.4, 0.5) is 17.5 Å². The maximum atomic E-state index is 6.04. The lowest BCUT2D eigenvalue weighted by Crippen LogP contribution is -2.37. The maximum Gasteiger partial charge on any atom is 0.153 e. The maximum absolute atomic E-state index is 6.04. The molecule has 5 N–H and O–H groups in total. The van der Waals surface area contributed by atoms with Crippen LogP contribution in [0.5, 0.6) is 0 Å². The smallest absolute Gasteiger partial charge is 0.153 e. The fourth-order valence-electron chi connectivity index (χ4n) is 4.39. The van der Waals surface area contributed by atoms with E-state index in [1.165, 1.54) is 31.4 Å². The van der Waals surface area contributed by atoms with Crippen LogP contribution in [-0.2, 0) is 0 Å². The Bertz CT molecular complexity index is 952. The van der Waals surface area contributed by atoms with Crippen LogP contribution < -0.4 is 16.4 Å². The van der Waals surface area contributed by atoms with Crippen molar-refractivity contribution in [3.63, 3.8) is 0 Å². The normalized spacial score (nSPS) is 24.9. The molecular formula is C19H23N7. The van der Waals surface area contributed by atoms with Gasteiger partial charge in [0.1, 0.15) is 11.6 Å². The molecule has 134 valence electrons. The lowest BCUT2D eigenvalue weighted by molar-refractivity contribution is 0.359. The molecule has 2 saturated heterocycles. The molecule has 5 rings (SSSR count). The number of nitrogens with two attached hydrogens (primary N) is 1. The number of fused-ring (bicyclic) bond motifs is 3. The summed E-state index contributed by atoms with van der Waals surface area (Å²) in [5.41, 5.74) is 9.08. The van der Waals surface area contributed by atoms with Crippen LogP contribution in [0.1, 0.15) is 43.0 Å². The summed E-state index contributed by atoms with van der Waals surface area (Å²) in [4.78, 5) is 9.39. The molecular weight excluding hydrogens is 326 g/mol. The van der Waals surface area contributed by atoms with Gasteiger partial charge in [-0.3, -0.25) is 10.1 Å². The molecule has 5 heterocycles. The molecule has 3 atom stereocenters. The van der Waals surface area contributed by atoms with Gasteiger partial charge >= 0.3 is 0 Å². The lowest BCUT2D eigenvalue weighted by atomic mass is 9.89. The van der Waals surface area contributed by atoms with Crippen molar-refractivity contribution < 1.29 is 0 Å². The predicted molar refractivity (Wildman–Crippen MR) is 102 cm³/mol. The second-order valence-electron chi connectivity index (χ2n) is 7.57. The lowest BCUT2D eigenvalue weighted by Gasteiger charge is -2.28. The Kier molecular flexibility index (Phi) is 3.56. The number of nitrogens with one attached hydrogen (secondary N) is 3. The summed E-state index contributed by atoms with van der Waals surface area (Å²) in [7, 11) is 0. The zero-order valence-electron chi connectivity index (χ0n) is 14.8. The first-order valence-electron chi connectivity index (χ1n) is 9.26. The van der Waals surface area contributed by atoms with Crippen LogP contribution in [0.15, 0.2) is 24.3 Å². The Balaban J connectivity index is 1.50. The van der Waals surface area contributed by atoms with E-state index in [0.717, 1.165) is 22.4 Å². The molecule has 0 radical (unpaired) electrons. The Morgan fingerprint density at radius 3 is 2.65 bits per heavy atom. The van der Waals surface area contributed by atoms with Gasteiger partial charge in [-0.1, -0.05) is 0 Å². The number of hydrogen-bond donors (Lipinski definition) is 4. The number of nitrogen functional groups attached to an aromatic ring is 1. The first kappa shape index (κ1) is 15.6. The molecule has 0 aliphatic carbocycles. The third-order valence-electron chi connectivity index (χ3n) is 5.57. The third-order valence-corrected chi connectivity index (χ3v) is 5.57. The van der Waals surface area contributed by atoms with Gasteiger partial charge in [0.05, 0.1) is 5.52 Å². The Hall–Kier alpha value is -2.67. The van der Waals surface area contributed by atoms with Gasteiger partial charge in [0.25, 0.3) is 0 Å². The van der Waals surface area contributed by atoms with Crippen LogP contribution in [-0.4, -0.2) is 32.2 Å². The Labute approximate surface area is 151 Å². The fourth-order valence-corrected chi connectivity index (χ4v) is 4.39. The molecule has 0 amide bonds.